The summed E-state index contributed by atoms with van der Waals surface area (Å²) in [6, 6.07) is 7.06. The maximum atomic E-state index is 12.8. The number of H-pyrrole nitrogens is 2. The first-order valence-corrected chi connectivity index (χ1v) is 10.0. The van der Waals surface area contributed by atoms with Crippen molar-refractivity contribution in [3.05, 3.63) is 80.1 Å². The number of fused-ring (bicyclic) bond motifs is 2. The van der Waals surface area contributed by atoms with E-state index in [4.69, 9.17) is 0 Å². The third-order valence-electron chi connectivity index (χ3n) is 5.41. The minimum absolute atomic E-state index is 0.0222. The average molecular weight is 454 g/mol. The molecule has 6 heterocycles. The lowest BCUT2D eigenvalue weighted by Gasteiger charge is -2.08. The van der Waals surface area contributed by atoms with Crippen molar-refractivity contribution in [2.45, 2.75) is 0 Å². The van der Waals surface area contributed by atoms with Crippen LogP contribution in [0.5, 0.6) is 11.8 Å². The molecule has 6 rings (SSSR count). The number of aromatic nitrogens is 6. The van der Waals surface area contributed by atoms with E-state index in [9.17, 15) is 19.8 Å². The standard InChI is InChI=1S/C22H14N8O4/c31-19-15(7-11-9-25-17-13(11)3-1-5-23-17)29(21(33)27-19)30-16(20(32)28-22(30)34)8-12-10-26-18-14(12)4-2-6-24-18/h1-10,31-32H,(H,27,33)(H,28,34). The third-order valence-corrected chi connectivity index (χ3v) is 5.41. The molecule has 0 bridgehead atoms. The Hall–Kier alpha value is -5.26. The van der Waals surface area contributed by atoms with Crippen LogP contribution in [0.3, 0.4) is 0 Å². The Bertz CT molecular complexity index is 1600. The number of imidazole rings is 2. The van der Waals surface area contributed by atoms with E-state index in [2.05, 4.69) is 29.9 Å². The molecule has 2 aliphatic heterocycles. The van der Waals surface area contributed by atoms with E-state index in [0.29, 0.717) is 33.9 Å². The number of hydrogen-bond donors (Lipinski definition) is 4. The Balaban J connectivity index is 1.55. The molecule has 12 heteroatoms. The van der Waals surface area contributed by atoms with Gasteiger partial charge in [-0.1, -0.05) is 0 Å². The molecule has 0 unspecified atom stereocenters. The molecule has 0 amide bonds. The zero-order valence-electron chi connectivity index (χ0n) is 17.2. The minimum atomic E-state index is -0.798. The summed E-state index contributed by atoms with van der Waals surface area (Å²) in [5.74, 6) is 0.0532. The van der Waals surface area contributed by atoms with Crippen LogP contribution in [0.1, 0.15) is 22.5 Å². The van der Waals surface area contributed by atoms with Crippen LogP contribution in [-0.2, 0) is 0 Å². The van der Waals surface area contributed by atoms with Gasteiger partial charge in [-0.3, -0.25) is 9.97 Å². The van der Waals surface area contributed by atoms with E-state index in [-0.39, 0.29) is 11.4 Å². The normalized spacial score (nSPS) is 16.0. The van der Waals surface area contributed by atoms with Gasteiger partial charge < -0.3 is 10.2 Å². The molecule has 4 aromatic rings. The van der Waals surface area contributed by atoms with Gasteiger partial charge in [0.05, 0.1) is 0 Å². The highest BCUT2D eigenvalue weighted by Crippen LogP contribution is 2.33. The molecule has 34 heavy (non-hydrogen) atoms. The van der Waals surface area contributed by atoms with Gasteiger partial charge >= 0.3 is 11.4 Å². The van der Waals surface area contributed by atoms with Crippen LogP contribution in [0.15, 0.2) is 56.2 Å². The second-order valence-corrected chi connectivity index (χ2v) is 7.42. The summed E-state index contributed by atoms with van der Waals surface area (Å²) in [6.07, 6.45) is 9.27. The molecule has 0 atom stereocenters. The first-order chi connectivity index (χ1) is 16.5. The maximum absolute atomic E-state index is 12.8. The fourth-order valence-electron chi connectivity index (χ4n) is 3.89. The Kier molecular flexibility index (Phi) is 4.07. The molecule has 0 fully saturated rings. The molecule has 0 aliphatic carbocycles. The molecule has 0 saturated heterocycles. The van der Waals surface area contributed by atoms with Crippen LogP contribution >= 0.6 is 0 Å². The van der Waals surface area contributed by atoms with Gasteiger partial charge in [0.1, 0.15) is 11.4 Å². The summed E-state index contributed by atoms with van der Waals surface area (Å²) in [6.45, 7) is 0. The van der Waals surface area contributed by atoms with Crippen molar-refractivity contribution in [1.82, 2.24) is 29.3 Å². The highest BCUT2D eigenvalue weighted by molar-refractivity contribution is 6.21. The topological polar surface area (TPSA) is 167 Å². The third kappa shape index (κ3) is 2.86. The van der Waals surface area contributed by atoms with Crippen LogP contribution in [0.25, 0.3) is 23.3 Å². The fourth-order valence-corrected chi connectivity index (χ4v) is 3.89. The number of aromatic amines is 2. The minimum Gasteiger partial charge on any atom is -0.493 e. The molecule has 0 spiro atoms. The molecule has 0 aromatic carbocycles. The Morgan fingerprint density at radius 3 is 1.62 bits per heavy atom. The molecule has 2 aliphatic rings. The summed E-state index contributed by atoms with van der Waals surface area (Å²) in [4.78, 5) is 46.9. The van der Waals surface area contributed by atoms with E-state index >= 15 is 0 Å². The highest BCUT2D eigenvalue weighted by Gasteiger charge is 2.23. The highest BCUT2D eigenvalue weighted by atomic mass is 16.3. The number of rotatable bonds is 3. The quantitative estimate of drug-likeness (QED) is 0.367. The summed E-state index contributed by atoms with van der Waals surface area (Å²) in [7, 11) is 0. The lowest BCUT2D eigenvalue weighted by Crippen LogP contribution is -2.33. The van der Waals surface area contributed by atoms with Crippen molar-refractivity contribution < 1.29 is 10.2 Å². The van der Waals surface area contributed by atoms with Crippen molar-refractivity contribution >= 4 is 47.4 Å². The van der Waals surface area contributed by atoms with Crippen LogP contribution in [0, 0.1) is 0 Å². The molecule has 0 radical (unpaired) electrons. The number of aliphatic imine (C=N–C) groups is 2. The number of hydrogen-bond acceptors (Lipinski definition) is 8. The Labute approximate surface area is 189 Å². The van der Waals surface area contributed by atoms with Crippen LogP contribution in [-0.4, -0.2) is 51.9 Å². The van der Waals surface area contributed by atoms with Gasteiger partial charge in [-0.15, -0.1) is 0 Å². The monoisotopic (exact) mass is 454 g/mol. The number of allylic oxidation sites excluding steroid dienone is 2. The van der Waals surface area contributed by atoms with Crippen LogP contribution in [0.4, 0.5) is 11.6 Å². The smallest absolute Gasteiger partial charge is 0.348 e. The molecular weight excluding hydrogens is 440 g/mol. The van der Waals surface area contributed by atoms with E-state index < -0.39 is 23.1 Å². The van der Waals surface area contributed by atoms with Gasteiger partial charge in [-0.2, -0.15) is 9.35 Å². The summed E-state index contributed by atoms with van der Waals surface area (Å²) in [5, 5.41) is 20.9. The second kappa shape index (κ2) is 7.13. The lowest BCUT2D eigenvalue weighted by atomic mass is 10.1. The van der Waals surface area contributed by atoms with Gasteiger partial charge in [0.25, 0.3) is 0 Å². The first kappa shape index (κ1) is 19.4. The SMILES string of the molecule is O=c1[nH]c(O)c(C=C2C=Nc3ncccc32)n1-n1c(C=C2C=Nc3ncccc32)c(O)[nH]c1=O. The summed E-state index contributed by atoms with van der Waals surface area (Å²) in [5.41, 5.74) is 0.892. The average Bonchev–Trinajstić information content (AvgIpc) is 3.56. The maximum Gasteiger partial charge on any atom is 0.348 e. The fraction of sp³-hybridized carbons (Fsp3) is 0. The summed E-state index contributed by atoms with van der Waals surface area (Å²) >= 11 is 0. The zero-order chi connectivity index (χ0) is 23.4. The number of nitrogens with zero attached hydrogens (tertiary/aromatic N) is 6. The molecule has 166 valence electrons. The van der Waals surface area contributed by atoms with Crippen molar-refractivity contribution in [2.75, 3.05) is 0 Å². The molecule has 4 N–H and O–H groups in total. The van der Waals surface area contributed by atoms with E-state index in [1.54, 1.807) is 36.7 Å². The Morgan fingerprint density at radius 2 is 1.18 bits per heavy atom. The van der Waals surface area contributed by atoms with E-state index in [1.165, 1.54) is 24.6 Å². The van der Waals surface area contributed by atoms with Crippen LogP contribution in [0.2, 0.25) is 0 Å². The van der Waals surface area contributed by atoms with Crippen molar-refractivity contribution in [1.29, 1.82) is 0 Å². The van der Waals surface area contributed by atoms with Gasteiger partial charge in [-0.05, 0) is 36.4 Å². The predicted molar refractivity (Wildman–Crippen MR) is 125 cm³/mol. The summed E-state index contributed by atoms with van der Waals surface area (Å²) < 4.78 is 1.84. The molecular formula is C22H14N8O4. The van der Waals surface area contributed by atoms with Crippen molar-refractivity contribution in [3.8, 4) is 11.8 Å². The molecule has 4 aromatic heterocycles. The van der Waals surface area contributed by atoms with Gasteiger partial charge in [-0.25, -0.2) is 29.5 Å². The molecule has 0 saturated carbocycles. The van der Waals surface area contributed by atoms with Gasteiger partial charge in [0.15, 0.2) is 11.6 Å². The number of pyridine rings is 2. The number of aromatic hydroxyl groups is 2. The molecule has 12 nitrogen and oxygen atoms in total. The van der Waals surface area contributed by atoms with E-state index in [0.717, 1.165) is 9.35 Å². The largest absolute Gasteiger partial charge is 0.493 e. The van der Waals surface area contributed by atoms with Crippen molar-refractivity contribution in [2.24, 2.45) is 9.98 Å². The van der Waals surface area contributed by atoms with E-state index in [1.807, 2.05) is 0 Å². The van der Waals surface area contributed by atoms with Gasteiger partial charge in [0, 0.05) is 47.1 Å². The Morgan fingerprint density at radius 1 is 0.735 bits per heavy atom. The first-order valence-electron chi connectivity index (χ1n) is 10.0. The van der Waals surface area contributed by atoms with Crippen LogP contribution < -0.4 is 11.4 Å². The zero-order valence-corrected chi connectivity index (χ0v) is 17.2. The van der Waals surface area contributed by atoms with Crippen molar-refractivity contribution in [3.63, 3.8) is 0 Å². The number of nitrogens with one attached hydrogen (secondary N) is 2. The second-order valence-electron chi connectivity index (χ2n) is 7.42. The lowest BCUT2D eigenvalue weighted by molar-refractivity contribution is 0.450. The van der Waals surface area contributed by atoms with Gasteiger partial charge in [0.2, 0.25) is 11.8 Å². The predicted octanol–water partition coefficient (Wildman–Crippen LogP) is 1.69.